The first kappa shape index (κ1) is 19.8. The summed E-state index contributed by atoms with van der Waals surface area (Å²) in [6.07, 6.45) is 5.16. The number of nitriles is 1. The lowest BCUT2D eigenvalue weighted by Gasteiger charge is -2.24. The average molecular weight is 425 g/mol. The van der Waals surface area contributed by atoms with Crippen molar-refractivity contribution in [1.82, 2.24) is 20.6 Å². The summed E-state index contributed by atoms with van der Waals surface area (Å²) in [6, 6.07) is 5.31. The summed E-state index contributed by atoms with van der Waals surface area (Å²) in [5.74, 6) is -0.584. The molecule has 0 amide bonds. The van der Waals surface area contributed by atoms with E-state index in [1.165, 1.54) is 6.20 Å². The van der Waals surface area contributed by atoms with Crippen LogP contribution in [0.2, 0.25) is 5.02 Å². The molecule has 2 aromatic rings. The molecule has 2 N–H and O–H groups in total. The van der Waals surface area contributed by atoms with Crippen LogP contribution in [0.1, 0.15) is 47.4 Å². The van der Waals surface area contributed by atoms with Crippen molar-refractivity contribution in [2.45, 2.75) is 25.7 Å². The van der Waals surface area contributed by atoms with Gasteiger partial charge in [-0.25, -0.2) is 4.79 Å². The molecular weight excluding hydrogens is 408 g/mol. The van der Waals surface area contributed by atoms with Crippen LogP contribution in [0.4, 0.5) is 5.69 Å². The van der Waals surface area contributed by atoms with Gasteiger partial charge in [0.15, 0.2) is 5.78 Å². The van der Waals surface area contributed by atoms with E-state index in [4.69, 9.17) is 16.3 Å². The molecule has 4 rings (SSSR count). The van der Waals surface area contributed by atoms with E-state index in [0.717, 1.165) is 18.4 Å². The van der Waals surface area contributed by atoms with E-state index in [1.807, 2.05) is 6.07 Å². The van der Waals surface area contributed by atoms with Gasteiger partial charge in [0, 0.05) is 17.7 Å². The number of benzene rings is 1. The molecule has 10 heteroatoms. The Bertz CT molecular complexity index is 1110. The lowest BCUT2D eigenvalue weighted by atomic mass is 9.80. The lowest BCUT2D eigenvalue weighted by molar-refractivity contribution is -0.138. The fourth-order valence-electron chi connectivity index (χ4n) is 3.45. The minimum atomic E-state index is -0.618. The van der Waals surface area contributed by atoms with Crippen LogP contribution >= 0.6 is 11.6 Å². The van der Waals surface area contributed by atoms with Gasteiger partial charge < -0.3 is 10.1 Å². The topological polar surface area (TPSA) is 134 Å². The Morgan fingerprint density at radius 1 is 1.47 bits per heavy atom. The number of aromatic nitrogens is 4. The number of allylic oxidation sites excluding steroid dienone is 2. The standard InChI is InChI=1S/C20H17ClN6O3/c1-2-30-20(29)15-5-12(10-3-4-10)13-6-16(21)17(7-14(13)18(15)28)23-9-11(8-22)19-24-26-27-25-19/h5-7,9-10,12,23H,2-4H2,1H3,(H,24,25,26,27). The zero-order valence-corrected chi connectivity index (χ0v) is 16.7. The number of fused-ring (bicyclic) bond motifs is 1. The molecule has 9 nitrogen and oxygen atoms in total. The fraction of sp³-hybridized carbons (Fsp3) is 0.300. The number of carbonyl (C=O) groups is 2. The molecule has 1 heterocycles. The number of halogens is 1. The van der Waals surface area contributed by atoms with E-state index < -0.39 is 11.8 Å². The van der Waals surface area contributed by atoms with E-state index in [0.29, 0.717) is 22.2 Å². The van der Waals surface area contributed by atoms with Crippen LogP contribution in [0.3, 0.4) is 0 Å². The molecule has 1 aromatic carbocycles. The van der Waals surface area contributed by atoms with Gasteiger partial charge in [0.25, 0.3) is 0 Å². The Morgan fingerprint density at radius 2 is 2.27 bits per heavy atom. The number of hydrogen-bond acceptors (Lipinski definition) is 8. The maximum absolute atomic E-state index is 13.0. The summed E-state index contributed by atoms with van der Waals surface area (Å²) in [5, 5.41) is 25.8. The lowest BCUT2D eigenvalue weighted by Crippen LogP contribution is -2.23. The number of aromatic amines is 1. The van der Waals surface area contributed by atoms with E-state index in [9.17, 15) is 14.9 Å². The normalized spacial score (nSPS) is 18.3. The van der Waals surface area contributed by atoms with E-state index >= 15 is 0 Å². The maximum atomic E-state index is 13.0. The number of anilines is 1. The van der Waals surface area contributed by atoms with Gasteiger partial charge in [0.1, 0.15) is 17.2 Å². The summed E-state index contributed by atoms with van der Waals surface area (Å²) < 4.78 is 5.07. The van der Waals surface area contributed by atoms with E-state index in [2.05, 4.69) is 25.9 Å². The highest BCUT2D eigenvalue weighted by Gasteiger charge is 2.39. The number of tetrazole rings is 1. The molecule has 2 aliphatic rings. The first-order chi connectivity index (χ1) is 14.5. The summed E-state index contributed by atoms with van der Waals surface area (Å²) in [7, 11) is 0. The van der Waals surface area contributed by atoms with Gasteiger partial charge in [0.05, 0.1) is 17.3 Å². The molecule has 30 heavy (non-hydrogen) atoms. The Hall–Kier alpha value is -3.51. The first-order valence-corrected chi connectivity index (χ1v) is 9.79. The highest BCUT2D eigenvalue weighted by molar-refractivity contribution is 6.34. The number of nitrogens with one attached hydrogen (secondary N) is 2. The second-order valence-electron chi connectivity index (χ2n) is 6.96. The predicted octanol–water partition coefficient (Wildman–Crippen LogP) is 3.01. The van der Waals surface area contributed by atoms with Gasteiger partial charge in [-0.05, 0) is 48.6 Å². The highest BCUT2D eigenvalue weighted by atomic mass is 35.5. The largest absolute Gasteiger partial charge is 0.462 e. The molecule has 1 atom stereocenters. The number of carbonyl (C=O) groups excluding carboxylic acids is 2. The third-order valence-electron chi connectivity index (χ3n) is 5.04. The number of Topliss-reactive ketones (excluding diaryl/α,β-unsaturated/α-hetero) is 1. The summed E-state index contributed by atoms with van der Waals surface area (Å²) in [4.78, 5) is 25.3. The number of ether oxygens (including phenoxy) is 1. The Labute approximate surface area is 176 Å². The zero-order chi connectivity index (χ0) is 21.3. The van der Waals surface area contributed by atoms with Gasteiger partial charge in [-0.1, -0.05) is 17.7 Å². The van der Waals surface area contributed by atoms with Gasteiger partial charge in [-0.15, -0.1) is 10.2 Å². The average Bonchev–Trinajstić information content (AvgIpc) is 3.43. The van der Waals surface area contributed by atoms with Crippen molar-refractivity contribution in [3.05, 3.63) is 52.0 Å². The molecule has 2 aliphatic carbocycles. The third kappa shape index (κ3) is 3.69. The van der Waals surface area contributed by atoms with Gasteiger partial charge in [-0.2, -0.15) is 10.5 Å². The summed E-state index contributed by atoms with van der Waals surface area (Å²) in [5.41, 5.74) is 1.80. The van der Waals surface area contributed by atoms with Crippen LogP contribution in [0.15, 0.2) is 30.0 Å². The van der Waals surface area contributed by atoms with Crippen LogP contribution in [-0.2, 0) is 9.53 Å². The monoisotopic (exact) mass is 424 g/mol. The van der Waals surface area contributed by atoms with Crippen molar-refractivity contribution in [3.8, 4) is 6.07 Å². The Morgan fingerprint density at radius 3 is 2.90 bits per heavy atom. The molecule has 1 unspecified atom stereocenters. The molecule has 1 saturated carbocycles. The SMILES string of the molecule is CCOC(=O)C1=CC(C2CC2)c2cc(Cl)c(NC=C(C#N)c3nn[nH]n3)cc2C1=O. The number of ketones is 1. The van der Waals surface area contributed by atoms with E-state index in [-0.39, 0.29) is 29.5 Å². The van der Waals surface area contributed by atoms with Gasteiger partial charge in [0.2, 0.25) is 5.82 Å². The van der Waals surface area contributed by atoms with Crippen molar-refractivity contribution in [1.29, 1.82) is 5.26 Å². The molecule has 1 aromatic heterocycles. The Balaban J connectivity index is 1.70. The van der Waals surface area contributed by atoms with Gasteiger partial charge in [-0.3, -0.25) is 4.79 Å². The minimum absolute atomic E-state index is 0.0505. The smallest absolute Gasteiger partial charge is 0.341 e. The molecule has 0 spiro atoms. The molecule has 152 valence electrons. The second kappa shape index (κ2) is 8.08. The maximum Gasteiger partial charge on any atom is 0.341 e. The molecule has 0 saturated heterocycles. The molecule has 0 aliphatic heterocycles. The first-order valence-electron chi connectivity index (χ1n) is 9.41. The highest BCUT2D eigenvalue weighted by Crippen LogP contribution is 2.48. The number of nitrogens with zero attached hydrogens (tertiary/aromatic N) is 4. The molecule has 0 bridgehead atoms. The van der Waals surface area contributed by atoms with Crippen molar-refractivity contribution in [2.75, 3.05) is 11.9 Å². The van der Waals surface area contributed by atoms with Crippen molar-refractivity contribution in [2.24, 2.45) is 5.92 Å². The van der Waals surface area contributed by atoms with Crippen LogP contribution in [-0.4, -0.2) is 39.0 Å². The number of esters is 1. The number of hydrogen-bond donors (Lipinski definition) is 2. The van der Waals surface area contributed by atoms with Gasteiger partial charge >= 0.3 is 5.97 Å². The van der Waals surface area contributed by atoms with Crippen LogP contribution in [0, 0.1) is 17.2 Å². The second-order valence-corrected chi connectivity index (χ2v) is 7.37. The summed E-state index contributed by atoms with van der Waals surface area (Å²) in [6.45, 7) is 1.89. The minimum Gasteiger partial charge on any atom is -0.462 e. The van der Waals surface area contributed by atoms with Crippen LogP contribution in [0.5, 0.6) is 0 Å². The summed E-state index contributed by atoms with van der Waals surface area (Å²) >= 11 is 6.45. The van der Waals surface area contributed by atoms with Crippen molar-refractivity contribution in [3.63, 3.8) is 0 Å². The Kier molecular flexibility index (Phi) is 5.33. The zero-order valence-electron chi connectivity index (χ0n) is 16.0. The molecular formula is C20H17ClN6O3. The quantitative estimate of drug-likeness (QED) is 0.410. The number of rotatable bonds is 6. The van der Waals surface area contributed by atoms with Crippen LogP contribution in [0.25, 0.3) is 5.57 Å². The van der Waals surface area contributed by atoms with Crippen molar-refractivity contribution >= 4 is 34.6 Å². The van der Waals surface area contributed by atoms with E-state index in [1.54, 1.807) is 25.1 Å². The van der Waals surface area contributed by atoms with Crippen LogP contribution < -0.4 is 5.32 Å². The number of H-pyrrole nitrogens is 1. The molecule has 0 radical (unpaired) electrons. The fourth-order valence-corrected chi connectivity index (χ4v) is 3.68. The predicted molar refractivity (Wildman–Crippen MR) is 107 cm³/mol. The molecule has 1 fully saturated rings. The third-order valence-corrected chi connectivity index (χ3v) is 5.35. The van der Waals surface area contributed by atoms with Crippen molar-refractivity contribution < 1.29 is 14.3 Å².